The van der Waals surface area contributed by atoms with Crippen molar-refractivity contribution in [2.24, 2.45) is 0 Å². The average molecular weight is 407 g/mol. The SMILES string of the molecule is BC(B)(B)Oc1ncc(F)cc1Nc1cc(NC)n2ncc(C(=O)NC3CC3)c2n1. The summed E-state index contributed by atoms with van der Waals surface area (Å²) in [5.74, 6) is 0.511. The fraction of sp³-hybridized carbons (Fsp3) is 0.294. The Hall–Kier alpha value is -3.24. The largest absolute Gasteiger partial charge is 0.497 e. The number of pyridine rings is 1. The molecule has 30 heavy (non-hydrogen) atoms. The van der Waals surface area contributed by atoms with E-state index < -0.39 is 11.1 Å². The summed E-state index contributed by atoms with van der Waals surface area (Å²) >= 11 is 0. The molecule has 0 spiro atoms. The van der Waals surface area contributed by atoms with Gasteiger partial charge >= 0.3 is 0 Å². The van der Waals surface area contributed by atoms with E-state index in [-0.39, 0.29) is 17.8 Å². The smallest absolute Gasteiger partial charge is 0.256 e. The van der Waals surface area contributed by atoms with Crippen molar-refractivity contribution in [1.82, 2.24) is 24.9 Å². The van der Waals surface area contributed by atoms with Gasteiger partial charge in [0.05, 0.1) is 12.4 Å². The van der Waals surface area contributed by atoms with Crippen LogP contribution in [0.1, 0.15) is 23.2 Å². The Morgan fingerprint density at radius 1 is 1.30 bits per heavy atom. The van der Waals surface area contributed by atoms with Crippen LogP contribution in [0.15, 0.2) is 24.5 Å². The van der Waals surface area contributed by atoms with Crippen LogP contribution in [-0.2, 0) is 0 Å². The van der Waals surface area contributed by atoms with E-state index in [0.717, 1.165) is 19.0 Å². The molecule has 4 rings (SSSR count). The van der Waals surface area contributed by atoms with Crippen molar-refractivity contribution in [2.45, 2.75) is 24.2 Å². The fourth-order valence-corrected chi connectivity index (χ4v) is 2.88. The Morgan fingerprint density at radius 2 is 2.07 bits per heavy atom. The monoisotopic (exact) mass is 407 g/mol. The van der Waals surface area contributed by atoms with Crippen molar-refractivity contribution in [3.8, 4) is 5.88 Å². The molecule has 1 amide bonds. The Balaban J connectivity index is 1.72. The molecule has 1 aliphatic rings. The zero-order chi connectivity index (χ0) is 21.5. The molecule has 9 nitrogen and oxygen atoms in total. The van der Waals surface area contributed by atoms with Crippen LogP contribution in [0.25, 0.3) is 5.65 Å². The van der Waals surface area contributed by atoms with Crippen LogP contribution in [0, 0.1) is 5.82 Å². The van der Waals surface area contributed by atoms with Crippen molar-refractivity contribution in [2.75, 3.05) is 17.7 Å². The number of hydrogen-bond acceptors (Lipinski definition) is 7. The number of halogens is 1. The summed E-state index contributed by atoms with van der Waals surface area (Å²) in [6, 6.07) is 3.21. The first-order valence-corrected chi connectivity index (χ1v) is 9.72. The Kier molecular flexibility index (Phi) is 5.04. The highest BCUT2D eigenvalue weighted by Gasteiger charge is 2.26. The molecule has 3 aromatic heterocycles. The third kappa shape index (κ3) is 4.34. The second-order valence-corrected chi connectivity index (χ2v) is 8.16. The molecule has 152 valence electrons. The number of carbonyl (C=O) groups excluding carboxylic acids is 1. The predicted molar refractivity (Wildman–Crippen MR) is 119 cm³/mol. The lowest BCUT2D eigenvalue weighted by atomic mass is 9.52. The number of hydrogen-bond donors (Lipinski definition) is 3. The normalized spacial score (nSPS) is 13.8. The minimum absolute atomic E-state index is 0.216. The predicted octanol–water partition coefficient (Wildman–Crippen LogP) is -1.17. The van der Waals surface area contributed by atoms with E-state index in [2.05, 4.69) is 31.0 Å². The van der Waals surface area contributed by atoms with E-state index in [0.29, 0.717) is 28.5 Å². The van der Waals surface area contributed by atoms with Crippen LogP contribution in [0.4, 0.5) is 21.7 Å². The van der Waals surface area contributed by atoms with Gasteiger partial charge in [0, 0.05) is 30.5 Å². The van der Waals surface area contributed by atoms with E-state index in [9.17, 15) is 9.18 Å². The number of ether oxygens (including phenoxy) is 1. The minimum atomic E-state index is -0.520. The Bertz CT molecular complexity index is 1110. The Labute approximate surface area is 175 Å². The third-order valence-electron chi connectivity index (χ3n) is 4.37. The van der Waals surface area contributed by atoms with Crippen LogP contribution in [0.3, 0.4) is 0 Å². The van der Waals surface area contributed by atoms with Gasteiger partial charge in [-0.2, -0.15) is 9.61 Å². The molecule has 3 heterocycles. The van der Waals surface area contributed by atoms with Crippen LogP contribution >= 0.6 is 0 Å². The lowest BCUT2D eigenvalue weighted by molar-refractivity contribution is 0.0952. The van der Waals surface area contributed by atoms with E-state index in [1.165, 1.54) is 12.3 Å². The summed E-state index contributed by atoms with van der Waals surface area (Å²) in [7, 11) is 7.37. The van der Waals surface area contributed by atoms with Crippen LogP contribution in [0.2, 0.25) is 0 Å². The van der Waals surface area contributed by atoms with Gasteiger partial charge in [-0.15, -0.1) is 0 Å². The molecular formula is C17H21B3FN7O2. The fourth-order valence-electron chi connectivity index (χ4n) is 2.88. The van der Waals surface area contributed by atoms with Crippen molar-refractivity contribution >= 4 is 52.4 Å². The first-order chi connectivity index (χ1) is 14.2. The van der Waals surface area contributed by atoms with Gasteiger partial charge in [-0.3, -0.25) is 4.79 Å². The van der Waals surface area contributed by atoms with Gasteiger partial charge in [-0.1, -0.05) is 0 Å². The maximum absolute atomic E-state index is 13.9. The number of rotatable bonds is 7. The summed E-state index contributed by atoms with van der Waals surface area (Å²) in [4.78, 5) is 21.2. The second kappa shape index (κ2) is 7.54. The van der Waals surface area contributed by atoms with Gasteiger partial charge in [0.15, 0.2) is 5.65 Å². The number of fused-ring (bicyclic) bond motifs is 1. The maximum atomic E-state index is 13.9. The molecule has 0 unspecified atom stereocenters. The van der Waals surface area contributed by atoms with Gasteiger partial charge < -0.3 is 20.7 Å². The summed E-state index contributed by atoms with van der Waals surface area (Å²) in [6.45, 7) is 0. The number of aromatic nitrogens is 4. The number of nitrogens with zero attached hydrogens (tertiary/aromatic N) is 4. The topological polar surface area (TPSA) is 105 Å². The minimum Gasteiger partial charge on any atom is -0.497 e. The number of amides is 1. The quantitative estimate of drug-likeness (QED) is 0.425. The highest BCUT2D eigenvalue weighted by molar-refractivity contribution is 6.58. The van der Waals surface area contributed by atoms with Gasteiger partial charge in [-0.25, -0.2) is 14.4 Å². The zero-order valence-electron chi connectivity index (χ0n) is 17.3. The molecule has 13 heteroatoms. The third-order valence-corrected chi connectivity index (χ3v) is 4.37. The van der Waals surface area contributed by atoms with Gasteiger partial charge in [0.25, 0.3) is 5.91 Å². The molecule has 0 bridgehead atoms. The van der Waals surface area contributed by atoms with Crippen molar-refractivity contribution < 1.29 is 13.9 Å². The zero-order valence-corrected chi connectivity index (χ0v) is 17.3. The first kappa shape index (κ1) is 20.1. The first-order valence-electron chi connectivity index (χ1n) is 9.72. The van der Waals surface area contributed by atoms with Gasteiger partial charge in [0.2, 0.25) is 5.88 Å². The molecule has 3 aromatic rings. The lowest BCUT2D eigenvalue weighted by Crippen LogP contribution is -2.38. The van der Waals surface area contributed by atoms with Crippen molar-refractivity contribution in [3.05, 3.63) is 35.9 Å². The average Bonchev–Trinajstić information content (AvgIpc) is 3.37. The van der Waals surface area contributed by atoms with E-state index in [1.807, 2.05) is 23.5 Å². The van der Waals surface area contributed by atoms with E-state index in [4.69, 9.17) is 4.74 Å². The summed E-state index contributed by atoms with van der Waals surface area (Å²) < 4.78 is 21.3. The molecule has 0 aliphatic heterocycles. The number of anilines is 3. The van der Waals surface area contributed by atoms with Crippen molar-refractivity contribution in [1.29, 1.82) is 0 Å². The highest BCUT2D eigenvalue weighted by Crippen LogP contribution is 2.29. The molecule has 0 saturated heterocycles. The summed E-state index contributed by atoms with van der Waals surface area (Å²) in [5, 5.41) is 12.8. The molecule has 1 fully saturated rings. The van der Waals surface area contributed by atoms with Crippen LogP contribution in [0.5, 0.6) is 5.88 Å². The highest BCUT2D eigenvalue weighted by atomic mass is 19.1. The van der Waals surface area contributed by atoms with Crippen LogP contribution < -0.4 is 20.7 Å². The summed E-state index contributed by atoms with van der Waals surface area (Å²) in [6.07, 6.45) is 4.55. The molecular weight excluding hydrogens is 386 g/mol. The van der Waals surface area contributed by atoms with Gasteiger partial charge in [0.1, 0.15) is 52.2 Å². The number of nitrogens with one attached hydrogen (secondary N) is 3. The molecule has 1 aliphatic carbocycles. The molecule has 0 radical (unpaired) electrons. The molecule has 3 N–H and O–H groups in total. The molecule has 0 atom stereocenters. The summed E-state index contributed by atoms with van der Waals surface area (Å²) in [5.41, 5.74) is 1.07. The van der Waals surface area contributed by atoms with Gasteiger partial charge in [-0.05, 0) is 12.8 Å². The van der Waals surface area contributed by atoms with E-state index in [1.54, 1.807) is 17.6 Å². The second-order valence-electron chi connectivity index (χ2n) is 8.16. The molecule has 0 aromatic carbocycles. The maximum Gasteiger partial charge on any atom is 0.256 e. The van der Waals surface area contributed by atoms with E-state index >= 15 is 0 Å². The lowest BCUT2D eigenvalue weighted by Gasteiger charge is -2.23. The standard InChI is InChI=1S/C17H21B3FN7O2/c1-22-13-5-12(26-11-4-8(21)6-23-16(11)30-17(18,19)20)27-14-10(7-24-28(13)14)15(29)25-9-2-3-9/h4-7,9,22H,2-3,18-20H2,1H3,(H,25,29)(H,26,27). The Morgan fingerprint density at radius 3 is 2.73 bits per heavy atom. The van der Waals surface area contributed by atoms with Crippen molar-refractivity contribution in [3.63, 3.8) is 0 Å². The van der Waals surface area contributed by atoms with Crippen LogP contribution in [-0.4, -0.2) is 67.4 Å². The number of carbonyl (C=O) groups is 1. The molecule has 1 saturated carbocycles.